The SMILES string of the molecule is [CH2-]c1c(F)c(F)c(F)c(F)c1F.[O]=[Re](=[O])=[O]. The maximum absolute atomic E-state index is 12.3. The van der Waals surface area contributed by atoms with Gasteiger partial charge in [0.15, 0.2) is 5.82 Å². The molecule has 0 fully saturated rings. The molecule has 3 nitrogen and oxygen atoms in total. The van der Waals surface area contributed by atoms with Crippen LogP contribution in [0.1, 0.15) is 5.56 Å². The van der Waals surface area contributed by atoms with Crippen molar-refractivity contribution in [3.05, 3.63) is 41.6 Å². The van der Waals surface area contributed by atoms with Crippen LogP contribution in [-0.2, 0) is 27.0 Å². The average Bonchev–Trinajstić information content (AvgIpc) is 2.20. The first-order valence-corrected chi connectivity index (χ1v) is 6.59. The molecule has 91 valence electrons. The molecule has 0 N–H and O–H groups in total. The van der Waals surface area contributed by atoms with Gasteiger partial charge in [-0.25, -0.2) is 13.2 Å². The topological polar surface area (TPSA) is 51.2 Å². The van der Waals surface area contributed by atoms with E-state index in [1.807, 2.05) is 0 Å². The molecule has 0 unspecified atom stereocenters. The Balaban J connectivity index is 0.000000487. The van der Waals surface area contributed by atoms with Crippen molar-refractivity contribution < 1.29 is 49.0 Å². The van der Waals surface area contributed by atoms with E-state index in [0.29, 0.717) is 0 Å². The molecule has 0 amide bonds. The van der Waals surface area contributed by atoms with Crippen molar-refractivity contribution in [3.63, 3.8) is 0 Å². The van der Waals surface area contributed by atoms with Gasteiger partial charge in [-0.3, -0.25) is 8.78 Å². The van der Waals surface area contributed by atoms with E-state index >= 15 is 0 Å². The minimum absolute atomic E-state index is 1.12. The van der Waals surface area contributed by atoms with Crippen molar-refractivity contribution in [1.29, 1.82) is 0 Å². The Morgan fingerprint density at radius 2 is 0.875 bits per heavy atom. The summed E-state index contributed by atoms with van der Waals surface area (Å²) in [5, 5.41) is 0. The molecule has 1 aromatic carbocycles. The van der Waals surface area contributed by atoms with Crippen molar-refractivity contribution in [2.45, 2.75) is 0 Å². The molecular formula is C7H2F5O3Re-. The van der Waals surface area contributed by atoms with E-state index in [2.05, 4.69) is 6.92 Å². The van der Waals surface area contributed by atoms with Gasteiger partial charge in [0, 0.05) is 0 Å². The molecule has 0 heterocycles. The summed E-state index contributed by atoms with van der Waals surface area (Å²) >= 11 is -4.21. The molecule has 0 radical (unpaired) electrons. The van der Waals surface area contributed by atoms with Crippen LogP contribution >= 0.6 is 0 Å². The molecule has 1 rings (SSSR count). The standard InChI is InChI=1S/C7H2F5.3O.Re/c1-2-3(8)5(10)7(12)6(11)4(2)9;;;;/h1H2;;;;/q-1;;;;. The van der Waals surface area contributed by atoms with Crippen LogP contribution in [0.15, 0.2) is 0 Å². The van der Waals surface area contributed by atoms with Crippen LogP contribution in [0, 0.1) is 36.0 Å². The summed E-state index contributed by atoms with van der Waals surface area (Å²) in [6, 6.07) is 0. The fraction of sp³-hybridized carbons (Fsp3) is 0. The molecular weight excluding hydrogens is 413 g/mol. The summed E-state index contributed by atoms with van der Waals surface area (Å²) < 4.78 is 87.1. The molecule has 0 atom stereocenters. The Morgan fingerprint density at radius 1 is 0.688 bits per heavy atom. The Hall–Kier alpha value is -1.20. The third-order valence-electron chi connectivity index (χ3n) is 1.30. The zero-order valence-corrected chi connectivity index (χ0v) is 9.92. The van der Waals surface area contributed by atoms with Crippen LogP contribution < -0.4 is 0 Å². The van der Waals surface area contributed by atoms with E-state index in [0.717, 1.165) is 0 Å². The molecule has 0 saturated carbocycles. The van der Waals surface area contributed by atoms with Crippen LogP contribution in [-0.4, -0.2) is 0 Å². The van der Waals surface area contributed by atoms with Crippen molar-refractivity contribution in [1.82, 2.24) is 0 Å². The second kappa shape index (κ2) is 5.77. The normalized spacial score (nSPS) is 9.31. The third kappa shape index (κ3) is 3.43. The fourth-order valence-electron chi connectivity index (χ4n) is 0.650. The number of hydrogen-bond acceptors (Lipinski definition) is 3. The van der Waals surface area contributed by atoms with Crippen molar-refractivity contribution in [2.75, 3.05) is 0 Å². The van der Waals surface area contributed by atoms with Crippen LogP contribution in [0.4, 0.5) is 22.0 Å². The Kier molecular flexibility index (Phi) is 5.34. The second-order valence-corrected chi connectivity index (χ2v) is 3.60. The first-order chi connectivity index (χ1) is 7.20. The third-order valence-corrected chi connectivity index (χ3v) is 1.30. The fourth-order valence-corrected chi connectivity index (χ4v) is 0.650. The number of rotatable bonds is 0. The van der Waals surface area contributed by atoms with E-state index in [1.165, 1.54) is 0 Å². The van der Waals surface area contributed by atoms with Crippen molar-refractivity contribution in [2.24, 2.45) is 0 Å². The van der Waals surface area contributed by atoms with E-state index < -0.39 is 51.3 Å². The number of benzene rings is 1. The number of halogens is 5. The summed E-state index contributed by atoms with van der Waals surface area (Å²) in [6.45, 7) is 2.69. The van der Waals surface area contributed by atoms with Crippen LogP contribution in [0.25, 0.3) is 0 Å². The van der Waals surface area contributed by atoms with Gasteiger partial charge in [-0.2, -0.15) is 6.92 Å². The van der Waals surface area contributed by atoms with Crippen molar-refractivity contribution >= 4 is 0 Å². The molecule has 0 aromatic heterocycles. The molecule has 0 aliphatic rings. The molecule has 0 saturated heterocycles. The predicted molar refractivity (Wildman–Crippen MR) is 32.8 cm³/mol. The zero-order valence-electron chi connectivity index (χ0n) is 7.20. The van der Waals surface area contributed by atoms with E-state index in [1.54, 1.807) is 0 Å². The van der Waals surface area contributed by atoms with Crippen LogP contribution in [0.2, 0.25) is 0 Å². The zero-order chi connectivity index (χ0) is 13.0. The van der Waals surface area contributed by atoms with E-state index in [9.17, 15) is 22.0 Å². The van der Waals surface area contributed by atoms with Gasteiger partial charge in [-0.1, -0.05) is 0 Å². The van der Waals surface area contributed by atoms with Gasteiger partial charge in [0.25, 0.3) is 0 Å². The first-order valence-electron chi connectivity index (χ1n) is 3.26. The van der Waals surface area contributed by atoms with Gasteiger partial charge in [0.05, 0.1) is 11.6 Å². The van der Waals surface area contributed by atoms with Gasteiger partial charge in [0.2, 0.25) is 0 Å². The Labute approximate surface area is 91.0 Å². The molecule has 1 aromatic rings. The molecule has 0 aliphatic carbocycles. The quantitative estimate of drug-likeness (QED) is 0.283. The van der Waals surface area contributed by atoms with Gasteiger partial charge < -0.3 is 0 Å². The molecule has 9 heteroatoms. The molecule has 16 heavy (non-hydrogen) atoms. The minimum atomic E-state index is -4.21. The van der Waals surface area contributed by atoms with E-state index in [4.69, 9.17) is 10.4 Å². The molecule has 0 spiro atoms. The van der Waals surface area contributed by atoms with Crippen LogP contribution in [0.3, 0.4) is 0 Å². The summed E-state index contributed by atoms with van der Waals surface area (Å²) in [4.78, 5) is 0. The summed E-state index contributed by atoms with van der Waals surface area (Å²) in [6.07, 6.45) is 0. The average molecular weight is 415 g/mol. The number of hydrogen-bond donors (Lipinski definition) is 0. The summed E-state index contributed by atoms with van der Waals surface area (Å²) in [7, 11) is 0. The second-order valence-electron chi connectivity index (χ2n) is 2.24. The van der Waals surface area contributed by atoms with Gasteiger partial charge in [-0.05, 0) is 0 Å². The van der Waals surface area contributed by atoms with E-state index in [-0.39, 0.29) is 0 Å². The van der Waals surface area contributed by atoms with Gasteiger partial charge in [-0.15, -0.1) is 5.56 Å². The monoisotopic (exact) mass is 416 g/mol. The van der Waals surface area contributed by atoms with Gasteiger partial charge in [0.1, 0.15) is 11.6 Å². The van der Waals surface area contributed by atoms with Gasteiger partial charge >= 0.3 is 27.0 Å². The first kappa shape index (κ1) is 14.8. The maximum atomic E-state index is 12.3. The molecule has 0 aliphatic heterocycles. The van der Waals surface area contributed by atoms with Crippen molar-refractivity contribution in [3.8, 4) is 0 Å². The Morgan fingerprint density at radius 3 is 1.12 bits per heavy atom. The van der Waals surface area contributed by atoms with Crippen LogP contribution in [0.5, 0.6) is 0 Å². The molecule has 0 bridgehead atoms. The Bertz CT molecular complexity index is 399. The summed E-state index contributed by atoms with van der Waals surface area (Å²) in [5.41, 5.74) is -1.12. The summed E-state index contributed by atoms with van der Waals surface area (Å²) in [5.74, 6) is -9.91. The predicted octanol–water partition coefficient (Wildman–Crippen LogP) is 2.21.